The first-order chi connectivity index (χ1) is 8.08. The van der Waals surface area contributed by atoms with Gasteiger partial charge in [0.25, 0.3) is 0 Å². The lowest BCUT2D eigenvalue weighted by Crippen LogP contribution is -2.10. The van der Waals surface area contributed by atoms with Crippen molar-refractivity contribution in [2.45, 2.75) is 6.92 Å². The van der Waals surface area contributed by atoms with Gasteiger partial charge in [0.15, 0.2) is 0 Å². The van der Waals surface area contributed by atoms with Crippen molar-refractivity contribution < 1.29 is 0 Å². The molecule has 0 radical (unpaired) electrons. The average Bonchev–Trinajstić information content (AvgIpc) is 2.28. The largest absolute Gasteiger partial charge is 0.399 e. The van der Waals surface area contributed by atoms with Crippen molar-refractivity contribution in [3.8, 4) is 0 Å². The molecule has 2 aromatic rings. The molecular formula is C14H15BrN2. The van der Waals surface area contributed by atoms with Crippen LogP contribution < -0.4 is 10.6 Å². The number of halogens is 1. The van der Waals surface area contributed by atoms with Crippen LogP contribution in [0.5, 0.6) is 0 Å². The van der Waals surface area contributed by atoms with Crippen molar-refractivity contribution in [3.05, 3.63) is 52.5 Å². The third-order valence-corrected chi connectivity index (χ3v) is 3.27. The van der Waals surface area contributed by atoms with Gasteiger partial charge in [-0.05, 0) is 48.9 Å². The van der Waals surface area contributed by atoms with E-state index in [4.69, 9.17) is 5.73 Å². The molecule has 0 aliphatic carbocycles. The number of benzene rings is 2. The van der Waals surface area contributed by atoms with Gasteiger partial charge in [-0.1, -0.05) is 22.0 Å². The lowest BCUT2D eigenvalue weighted by Gasteiger charge is -2.22. The molecule has 88 valence electrons. The van der Waals surface area contributed by atoms with Crippen molar-refractivity contribution >= 4 is 33.0 Å². The highest BCUT2D eigenvalue weighted by Crippen LogP contribution is 2.29. The van der Waals surface area contributed by atoms with Crippen LogP contribution in [0.2, 0.25) is 0 Å². The molecule has 0 spiro atoms. The van der Waals surface area contributed by atoms with Gasteiger partial charge in [-0.2, -0.15) is 0 Å². The van der Waals surface area contributed by atoms with Crippen molar-refractivity contribution in [2.24, 2.45) is 0 Å². The fraction of sp³-hybridized carbons (Fsp3) is 0.143. The normalized spacial score (nSPS) is 10.3. The van der Waals surface area contributed by atoms with Crippen LogP contribution in [0, 0.1) is 6.92 Å². The van der Waals surface area contributed by atoms with E-state index < -0.39 is 0 Å². The van der Waals surface area contributed by atoms with E-state index in [0.29, 0.717) is 0 Å². The first-order valence-corrected chi connectivity index (χ1v) is 6.22. The van der Waals surface area contributed by atoms with Crippen LogP contribution in [0.15, 0.2) is 46.9 Å². The van der Waals surface area contributed by atoms with E-state index in [1.54, 1.807) is 0 Å². The number of hydrogen-bond acceptors (Lipinski definition) is 2. The molecule has 0 saturated carbocycles. The van der Waals surface area contributed by atoms with Gasteiger partial charge in [0.2, 0.25) is 0 Å². The zero-order chi connectivity index (χ0) is 12.4. The molecule has 0 aromatic heterocycles. The number of aryl methyl sites for hydroxylation is 1. The smallest absolute Gasteiger partial charge is 0.0438 e. The Balaban J connectivity index is 2.40. The van der Waals surface area contributed by atoms with E-state index in [2.05, 4.69) is 46.0 Å². The van der Waals surface area contributed by atoms with Crippen LogP contribution >= 0.6 is 15.9 Å². The Kier molecular flexibility index (Phi) is 3.38. The van der Waals surface area contributed by atoms with Gasteiger partial charge in [-0.15, -0.1) is 0 Å². The van der Waals surface area contributed by atoms with Crippen molar-refractivity contribution in [2.75, 3.05) is 17.7 Å². The Morgan fingerprint density at radius 2 is 1.88 bits per heavy atom. The number of nitrogens with two attached hydrogens (primary N) is 1. The van der Waals surface area contributed by atoms with Gasteiger partial charge in [0.1, 0.15) is 0 Å². The fourth-order valence-corrected chi connectivity index (χ4v) is 2.34. The van der Waals surface area contributed by atoms with Crippen LogP contribution in [0.1, 0.15) is 5.56 Å². The summed E-state index contributed by atoms with van der Waals surface area (Å²) in [4.78, 5) is 2.14. The van der Waals surface area contributed by atoms with Crippen LogP contribution in [0.3, 0.4) is 0 Å². The summed E-state index contributed by atoms with van der Waals surface area (Å²) < 4.78 is 1.10. The predicted molar refractivity (Wildman–Crippen MR) is 77.8 cm³/mol. The fourth-order valence-electron chi connectivity index (χ4n) is 1.87. The molecule has 2 aromatic carbocycles. The summed E-state index contributed by atoms with van der Waals surface area (Å²) in [6.07, 6.45) is 0. The summed E-state index contributed by atoms with van der Waals surface area (Å²) in [7, 11) is 2.05. The molecule has 2 rings (SSSR count). The molecule has 0 unspecified atom stereocenters. The van der Waals surface area contributed by atoms with Crippen LogP contribution in [0.25, 0.3) is 0 Å². The second-order valence-corrected chi connectivity index (χ2v) is 5.00. The molecular weight excluding hydrogens is 276 g/mol. The van der Waals surface area contributed by atoms with Gasteiger partial charge in [-0.3, -0.25) is 0 Å². The molecule has 0 saturated heterocycles. The molecule has 2 nitrogen and oxygen atoms in total. The second-order valence-electron chi connectivity index (χ2n) is 4.08. The SMILES string of the molecule is Cc1cc(Br)ccc1N(C)c1cccc(N)c1. The topological polar surface area (TPSA) is 29.3 Å². The minimum absolute atomic E-state index is 0.782. The highest BCUT2D eigenvalue weighted by atomic mass is 79.9. The minimum atomic E-state index is 0.782. The average molecular weight is 291 g/mol. The van der Waals surface area contributed by atoms with E-state index in [1.165, 1.54) is 11.3 Å². The zero-order valence-electron chi connectivity index (χ0n) is 9.94. The molecule has 2 N–H and O–H groups in total. The summed E-state index contributed by atoms with van der Waals surface area (Å²) in [5, 5.41) is 0. The standard InChI is InChI=1S/C14H15BrN2/c1-10-8-11(15)6-7-14(10)17(2)13-5-3-4-12(16)9-13/h3-9H,16H2,1-2H3. The Bertz CT molecular complexity index is 537. The molecule has 3 heteroatoms. The van der Waals surface area contributed by atoms with Crippen molar-refractivity contribution in [3.63, 3.8) is 0 Å². The lowest BCUT2D eigenvalue weighted by atomic mass is 10.1. The van der Waals surface area contributed by atoms with E-state index in [1.807, 2.05) is 31.3 Å². The number of rotatable bonds is 2. The number of nitrogens with zero attached hydrogens (tertiary/aromatic N) is 1. The Morgan fingerprint density at radius 1 is 1.12 bits per heavy atom. The van der Waals surface area contributed by atoms with Gasteiger partial charge in [0, 0.05) is 28.6 Å². The first-order valence-electron chi connectivity index (χ1n) is 5.43. The summed E-state index contributed by atoms with van der Waals surface area (Å²) in [5.41, 5.74) is 10.1. The maximum absolute atomic E-state index is 5.80. The monoisotopic (exact) mass is 290 g/mol. The van der Waals surface area contributed by atoms with E-state index in [0.717, 1.165) is 15.8 Å². The number of anilines is 3. The summed E-state index contributed by atoms with van der Waals surface area (Å²) >= 11 is 3.47. The first kappa shape index (κ1) is 12.0. The molecule has 0 atom stereocenters. The second kappa shape index (κ2) is 4.80. The van der Waals surface area contributed by atoms with E-state index >= 15 is 0 Å². The zero-order valence-corrected chi connectivity index (χ0v) is 11.5. The molecule has 0 heterocycles. The Hall–Kier alpha value is -1.48. The summed E-state index contributed by atoms with van der Waals surface area (Å²) in [6, 6.07) is 14.1. The van der Waals surface area contributed by atoms with Gasteiger partial charge < -0.3 is 10.6 Å². The molecule has 17 heavy (non-hydrogen) atoms. The Labute approximate surface area is 110 Å². The van der Waals surface area contributed by atoms with Gasteiger partial charge in [0.05, 0.1) is 0 Å². The van der Waals surface area contributed by atoms with Crippen LogP contribution in [-0.2, 0) is 0 Å². The number of hydrogen-bond donors (Lipinski definition) is 1. The Morgan fingerprint density at radius 3 is 2.53 bits per heavy atom. The van der Waals surface area contributed by atoms with E-state index in [9.17, 15) is 0 Å². The highest BCUT2D eigenvalue weighted by Gasteiger charge is 2.07. The van der Waals surface area contributed by atoms with Crippen molar-refractivity contribution in [1.82, 2.24) is 0 Å². The maximum Gasteiger partial charge on any atom is 0.0438 e. The third-order valence-electron chi connectivity index (χ3n) is 2.78. The van der Waals surface area contributed by atoms with Gasteiger partial charge in [-0.25, -0.2) is 0 Å². The number of nitrogen functional groups attached to an aromatic ring is 1. The molecule has 0 bridgehead atoms. The van der Waals surface area contributed by atoms with Crippen LogP contribution in [0.4, 0.5) is 17.1 Å². The highest BCUT2D eigenvalue weighted by molar-refractivity contribution is 9.10. The molecule has 0 amide bonds. The van der Waals surface area contributed by atoms with E-state index in [-0.39, 0.29) is 0 Å². The maximum atomic E-state index is 5.80. The molecule has 0 fully saturated rings. The molecule has 0 aliphatic heterocycles. The predicted octanol–water partition coefficient (Wildman–Crippen LogP) is 4.11. The third kappa shape index (κ3) is 2.61. The molecule has 0 aliphatic rings. The van der Waals surface area contributed by atoms with Crippen molar-refractivity contribution in [1.29, 1.82) is 0 Å². The lowest BCUT2D eigenvalue weighted by molar-refractivity contribution is 1.18. The van der Waals surface area contributed by atoms with Gasteiger partial charge >= 0.3 is 0 Å². The summed E-state index contributed by atoms with van der Waals surface area (Å²) in [6.45, 7) is 2.10. The quantitative estimate of drug-likeness (QED) is 0.844. The van der Waals surface area contributed by atoms with Crippen LogP contribution in [-0.4, -0.2) is 7.05 Å². The minimum Gasteiger partial charge on any atom is -0.399 e. The summed E-state index contributed by atoms with van der Waals surface area (Å²) in [5.74, 6) is 0.